The fraction of sp³-hybridized carbons (Fsp3) is 0.933. The summed E-state index contributed by atoms with van der Waals surface area (Å²) in [4.78, 5) is 12.3. The molecule has 1 heterocycles. The Morgan fingerprint density at radius 2 is 1.76 bits per heavy atom. The summed E-state index contributed by atoms with van der Waals surface area (Å²) in [7, 11) is 0. The first-order chi connectivity index (χ1) is 8.18. The van der Waals surface area contributed by atoms with E-state index in [2.05, 4.69) is 13.8 Å². The first-order valence-electron chi connectivity index (χ1n) is 7.30. The van der Waals surface area contributed by atoms with Gasteiger partial charge in [-0.1, -0.05) is 13.8 Å². The van der Waals surface area contributed by atoms with Crippen LogP contribution < -0.4 is 0 Å². The van der Waals surface area contributed by atoms with E-state index in [0.717, 1.165) is 44.1 Å². The van der Waals surface area contributed by atoms with Crippen LogP contribution >= 0.6 is 0 Å². The predicted molar refractivity (Wildman–Crippen MR) is 68.8 cm³/mol. The molecule has 1 unspecified atom stereocenters. The maximum absolute atomic E-state index is 12.3. The van der Waals surface area contributed by atoms with Crippen LogP contribution in [0.4, 0.5) is 0 Å². The fourth-order valence-electron chi connectivity index (χ4n) is 3.37. The molecule has 1 aliphatic carbocycles. The van der Waals surface area contributed by atoms with E-state index in [-0.39, 0.29) is 5.92 Å². The lowest BCUT2D eigenvalue weighted by Crippen LogP contribution is -2.33. The zero-order valence-electron chi connectivity index (χ0n) is 11.3. The molecular weight excluding hydrogens is 212 g/mol. The lowest BCUT2D eigenvalue weighted by Gasteiger charge is -2.32. The lowest BCUT2D eigenvalue weighted by molar-refractivity contribution is -0.132. The van der Waals surface area contributed by atoms with Crippen molar-refractivity contribution in [3.63, 3.8) is 0 Å². The summed E-state index contributed by atoms with van der Waals surface area (Å²) in [6, 6.07) is 0. The summed E-state index contributed by atoms with van der Waals surface area (Å²) in [6.45, 7) is 6.15. The predicted octanol–water partition coefficient (Wildman–Crippen LogP) is 3.44. The number of rotatable bonds is 3. The molecule has 98 valence electrons. The quantitative estimate of drug-likeness (QED) is 0.753. The number of Topliss-reactive ketones (excluding diaryl/α,β-unsaturated/α-hetero) is 1. The molecule has 2 nitrogen and oxygen atoms in total. The minimum atomic E-state index is 0.212. The molecule has 2 rings (SSSR count). The Morgan fingerprint density at radius 1 is 1.06 bits per heavy atom. The molecule has 0 aromatic heterocycles. The highest BCUT2D eigenvalue weighted by Gasteiger charge is 2.32. The first-order valence-corrected chi connectivity index (χ1v) is 7.30. The maximum Gasteiger partial charge on any atom is 0.141 e. The van der Waals surface area contributed by atoms with E-state index in [1.165, 1.54) is 12.8 Å². The molecule has 0 N–H and O–H groups in total. The van der Waals surface area contributed by atoms with E-state index in [1.807, 2.05) is 0 Å². The Balaban J connectivity index is 1.81. The Morgan fingerprint density at radius 3 is 2.29 bits per heavy atom. The highest BCUT2D eigenvalue weighted by atomic mass is 16.5. The van der Waals surface area contributed by atoms with Gasteiger partial charge in [-0.05, 0) is 50.4 Å². The van der Waals surface area contributed by atoms with E-state index in [4.69, 9.17) is 4.74 Å². The molecule has 0 aromatic carbocycles. The van der Waals surface area contributed by atoms with Crippen molar-refractivity contribution in [2.24, 2.45) is 23.7 Å². The van der Waals surface area contributed by atoms with E-state index in [9.17, 15) is 4.79 Å². The number of ether oxygens (including phenoxy) is 1. The molecule has 0 radical (unpaired) electrons. The van der Waals surface area contributed by atoms with Gasteiger partial charge >= 0.3 is 0 Å². The molecule has 0 spiro atoms. The molecule has 2 heteroatoms. The normalized spacial score (nSPS) is 34.9. The number of hydrogen-bond acceptors (Lipinski definition) is 2. The Hall–Kier alpha value is -0.370. The van der Waals surface area contributed by atoms with Gasteiger partial charge in [-0.3, -0.25) is 4.79 Å². The van der Waals surface area contributed by atoms with Gasteiger partial charge < -0.3 is 4.74 Å². The number of ketones is 1. The van der Waals surface area contributed by atoms with Gasteiger partial charge in [0.05, 0.1) is 6.61 Å². The average molecular weight is 238 g/mol. The van der Waals surface area contributed by atoms with Gasteiger partial charge in [0.15, 0.2) is 0 Å². The number of carbonyl (C=O) groups excluding carboxylic acids is 1. The molecular formula is C15H26O2. The van der Waals surface area contributed by atoms with Gasteiger partial charge in [0, 0.05) is 18.4 Å². The van der Waals surface area contributed by atoms with E-state index in [1.54, 1.807) is 0 Å². The summed E-state index contributed by atoms with van der Waals surface area (Å²) in [6.07, 6.45) is 6.88. The van der Waals surface area contributed by atoms with Crippen molar-refractivity contribution >= 4 is 5.78 Å². The highest BCUT2D eigenvalue weighted by molar-refractivity contribution is 5.83. The van der Waals surface area contributed by atoms with Gasteiger partial charge in [-0.2, -0.15) is 0 Å². The van der Waals surface area contributed by atoms with Crippen LogP contribution in [-0.2, 0) is 9.53 Å². The summed E-state index contributed by atoms with van der Waals surface area (Å²) < 4.78 is 5.43. The Labute approximate surface area is 105 Å². The zero-order valence-corrected chi connectivity index (χ0v) is 11.3. The average Bonchev–Trinajstić information content (AvgIpc) is 2.39. The summed E-state index contributed by atoms with van der Waals surface area (Å²) in [5.74, 6) is 2.69. The van der Waals surface area contributed by atoms with Crippen LogP contribution in [0, 0.1) is 23.7 Å². The Bertz CT molecular complexity index is 246. The third kappa shape index (κ3) is 3.31. The topological polar surface area (TPSA) is 26.3 Å². The zero-order chi connectivity index (χ0) is 12.3. The molecule has 2 fully saturated rings. The largest absolute Gasteiger partial charge is 0.381 e. The highest BCUT2D eigenvalue weighted by Crippen LogP contribution is 2.35. The molecule has 1 aliphatic heterocycles. The molecule has 0 amide bonds. The van der Waals surface area contributed by atoms with Crippen LogP contribution in [-0.4, -0.2) is 19.0 Å². The smallest absolute Gasteiger partial charge is 0.141 e. The van der Waals surface area contributed by atoms with Crippen LogP contribution in [0.25, 0.3) is 0 Å². The summed E-state index contributed by atoms with van der Waals surface area (Å²) in [5, 5.41) is 0. The summed E-state index contributed by atoms with van der Waals surface area (Å²) in [5.41, 5.74) is 0. The molecule has 1 atom stereocenters. The SMILES string of the molecule is CC(C)C1CCC(C(=O)C2CCCOC2)CC1. The lowest BCUT2D eigenvalue weighted by atomic mass is 9.73. The third-order valence-electron chi connectivity index (χ3n) is 4.68. The van der Waals surface area contributed by atoms with Crippen molar-refractivity contribution in [2.45, 2.75) is 52.4 Å². The van der Waals surface area contributed by atoms with Crippen molar-refractivity contribution in [1.29, 1.82) is 0 Å². The fourth-order valence-corrected chi connectivity index (χ4v) is 3.37. The van der Waals surface area contributed by atoms with Crippen molar-refractivity contribution in [3.05, 3.63) is 0 Å². The van der Waals surface area contributed by atoms with Crippen LogP contribution in [0.5, 0.6) is 0 Å². The molecule has 17 heavy (non-hydrogen) atoms. The molecule has 1 saturated heterocycles. The van der Waals surface area contributed by atoms with Gasteiger partial charge in [0.25, 0.3) is 0 Å². The second-order valence-electron chi connectivity index (χ2n) is 6.17. The van der Waals surface area contributed by atoms with E-state index >= 15 is 0 Å². The van der Waals surface area contributed by atoms with Gasteiger partial charge in [0.2, 0.25) is 0 Å². The molecule has 2 aliphatic rings. The molecule has 0 bridgehead atoms. The van der Waals surface area contributed by atoms with Gasteiger partial charge in [0.1, 0.15) is 5.78 Å². The van der Waals surface area contributed by atoms with Crippen molar-refractivity contribution in [2.75, 3.05) is 13.2 Å². The maximum atomic E-state index is 12.3. The third-order valence-corrected chi connectivity index (χ3v) is 4.68. The molecule has 1 saturated carbocycles. The Kier molecular flexibility index (Phi) is 4.61. The number of carbonyl (C=O) groups is 1. The standard InChI is InChI=1S/C15H26O2/c1-11(2)12-5-7-13(8-6-12)15(16)14-4-3-9-17-10-14/h11-14H,3-10H2,1-2H3. The van der Waals surface area contributed by atoms with Gasteiger partial charge in [-0.15, -0.1) is 0 Å². The van der Waals surface area contributed by atoms with Crippen LogP contribution in [0.3, 0.4) is 0 Å². The second kappa shape index (κ2) is 5.99. The first kappa shape index (κ1) is 13.1. The monoisotopic (exact) mass is 238 g/mol. The summed E-state index contributed by atoms with van der Waals surface area (Å²) >= 11 is 0. The van der Waals surface area contributed by atoms with Crippen molar-refractivity contribution in [3.8, 4) is 0 Å². The van der Waals surface area contributed by atoms with Crippen molar-refractivity contribution < 1.29 is 9.53 Å². The van der Waals surface area contributed by atoms with E-state index in [0.29, 0.717) is 18.3 Å². The minimum absolute atomic E-state index is 0.212. The van der Waals surface area contributed by atoms with Crippen LogP contribution in [0.15, 0.2) is 0 Å². The van der Waals surface area contributed by atoms with Crippen LogP contribution in [0.2, 0.25) is 0 Å². The minimum Gasteiger partial charge on any atom is -0.381 e. The van der Waals surface area contributed by atoms with Gasteiger partial charge in [-0.25, -0.2) is 0 Å². The number of hydrogen-bond donors (Lipinski definition) is 0. The second-order valence-corrected chi connectivity index (χ2v) is 6.17. The van der Waals surface area contributed by atoms with Crippen molar-refractivity contribution in [1.82, 2.24) is 0 Å². The van der Waals surface area contributed by atoms with E-state index < -0.39 is 0 Å². The van der Waals surface area contributed by atoms with Crippen LogP contribution in [0.1, 0.15) is 52.4 Å². The molecule has 0 aromatic rings.